The predicted octanol–water partition coefficient (Wildman–Crippen LogP) is 4.62. The molecule has 0 saturated carbocycles. The molecule has 154 valence electrons. The molecule has 3 rings (SSSR count). The summed E-state index contributed by atoms with van der Waals surface area (Å²) in [5, 5.41) is 0. The van der Waals surface area contributed by atoms with Crippen LogP contribution in [0.15, 0.2) is 36.4 Å². The van der Waals surface area contributed by atoms with E-state index in [-0.39, 0.29) is 24.5 Å². The summed E-state index contributed by atoms with van der Waals surface area (Å²) in [5.41, 5.74) is 1.33. The van der Waals surface area contributed by atoms with Crippen molar-refractivity contribution in [1.82, 2.24) is 4.90 Å². The predicted molar refractivity (Wildman–Crippen MR) is 113 cm³/mol. The molecule has 29 heavy (non-hydrogen) atoms. The third kappa shape index (κ3) is 5.54. The number of nitrogens with zero attached hydrogens (tertiary/aromatic N) is 1. The van der Waals surface area contributed by atoms with Crippen LogP contribution in [0.25, 0.3) is 0 Å². The van der Waals surface area contributed by atoms with E-state index in [0.29, 0.717) is 24.2 Å². The highest BCUT2D eigenvalue weighted by Crippen LogP contribution is 2.25. The number of likely N-dealkylation sites (tertiary alicyclic amines) is 1. The number of carbonyl (C=O) groups excluding carboxylic acids is 3. The first-order valence-corrected chi connectivity index (χ1v) is 10.9. The van der Waals surface area contributed by atoms with Gasteiger partial charge in [0, 0.05) is 40.4 Å². The van der Waals surface area contributed by atoms with Crippen LogP contribution in [0.2, 0.25) is 0 Å². The smallest absolute Gasteiger partial charge is 0.307 e. The van der Waals surface area contributed by atoms with Gasteiger partial charge in [-0.05, 0) is 39.2 Å². The van der Waals surface area contributed by atoms with Crippen LogP contribution >= 0.6 is 11.3 Å². The molecule has 5 nitrogen and oxygen atoms in total. The fourth-order valence-electron chi connectivity index (χ4n) is 3.62. The van der Waals surface area contributed by atoms with E-state index < -0.39 is 12.1 Å². The highest BCUT2D eigenvalue weighted by molar-refractivity contribution is 7.12. The van der Waals surface area contributed by atoms with Gasteiger partial charge in [-0.25, -0.2) is 0 Å². The molecule has 2 heterocycles. The molecular formula is C23H27NO4S. The summed E-state index contributed by atoms with van der Waals surface area (Å²) in [6.45, 7) is 5.25. The number of rotatable bonds is 7. The van der Waals surface area contributed by atoms with Gasteiger partial charge in [-0.15, -0.1) is 11.3 Å². The Morgan fingerprint density at radius 2 is 1.72 bits per heavy atom. The molecular weight excluding hydrogens is 386 g/mol. The number of aryl methyl sites for hydroxylation is 2. The SMILES string of the molecule is Cc1cc(C(=O)CCC(=O)OC(C(=O)N2CCCCC2)c2ccccc2)c(C)s1. The molecule has 0 radical (unpaired) electrons. The third-order valence-corrected chi connectivity index (χ3v) is 6.11. The van der Waals surface area contributed by atoms with E-state index in [1.807, 2.05) is 38.1 Å². The van der Waals surface area contributed by atoms with Crippen LogP contribution in [0.4, 0.5) is 0 Å². The Labute approximate surface area is 175 Å². The summed E-state index contributed by atoms with van der Waals surface area (Å²) in [7, 11) is 0. The van der Waals surface area contributed by atoms with E-state index >= 15 is 0 Å². The van der Waals surface area contributed by atoms with Crippen molar-refractivity contribution >= 4 is 29.0 Å². The normalized spacial score (nSPS) is 15.0. The van der Waals surface area contributed by atoms with Gasteiger partial charge in [0.25, 0.3) is 5.91 Å². The average Bonchev–Trinajstić information content (AvgIpc) is 3.09. The van der Waals surface area contributed by atoms with Gasteiger partial charge >= 0.3 is 5.97 Å². The zero-order valence-corrected chi connectivity index (χ0v) is 17.8. The minimum absolute atomic E-state index is 0.0379. The molecule has 1 saturated heterocycles. The Bertz CT molecular complexity index is 868. The van der Waals surface area contributed by atoms with Crippen LogP contribution in [-0.2, 0) is 14.3 Å². The van der Waals surface area contributed by atoms with Crippen LogP contribution in [0.3, 0.4) is 0 Å². The van der Waals surface area contributed by atoms with Crippen LogP contribution < -0.4 is 0 Å². The summed E-state index contributed by atoms with van der Waals surface area (Å²) < 4.78 is 5.59. The number of hydrogen-bond acceptors (Lipinski definition) is 5. The number of Topliss-reactive ketones (excluding diaryl/α,β-unsaturated/α-hetero) is 1. The van der Waals surface area contributed by atoms with E-state index in [0.717, 1.165) is 29.0 Å². The number of amides is 1. The summed E-state index contributed by atoms with van der Waals surface area (Å²) in [5.74, 6) is -0.774. The molecule has 0 spiro atoms. The van der Waals surface area contributed by atoms with E-state index in [1.165, 1.54) is 0 Å². The molecule has 0 N–H and O–H groups in total. The van der Waals surface area contributed by atoms with Gasteiger partial charge in [-0.3, -0.25) is 14.4 Å². The zero-order chi connectivity index (χ0) is 20.8. The molecule has 1 aliphatic rings. The first-order valence-electron chi connectivity index (χ1n) is 10.1. The maximum Gasteiger partial charge on any atom is 0.307 e. The lowest BCUT2D eigenvalue weighted by atomic mass is 10.1. The molecule has 0 aliphatic carbocycles. The van der Waals surface area contributed by atoms with Gasteiger partial charge in [0.05, 0.1) is 6.42 Å². The molecule has 1 fully saturated rings. The average molecular weight is 414 g/mol. The Hall–Kier alpha value is -2.47. The van der Waals surface area contributed by atoms with Crippen molar-refractivity contribution < 1.29 is 19.1 Å². The van der Waals surface area contributed by atoms with Gasteiger partial charge in [-0.2, -0.15) is 0 Å². The number of ketones is 1. The molecule has 6 heteroatoms. The van der Waals surface area contributed by atoms with Crippen LogP contribution in [0, 0.1) is 13.8 Å². The van der Waals surface area contributed by atoms with E-state index in [1.54, 1.807) is 28.4 Å². The minimum Gasteiger partial charge on any atom is -0.447 e. The van der Waals surface area contributed by atoms with Gasteiger partial charge in [0.15, 0.2) is 5.78 Å². The second-order valence-electron chi connectivity index (χ2n) is 7.42. The summed E-state index contributed by atoms with van der Waals surface area (Å²) in [4.78, 5) is 41.8. The van der Waals surface area contributed by atoms with Gasteiger partial charge in [0.2, 0.25) is 6.10 Å². The first kappa shape index (κ1) is 21.2. The van der Waals surface area contributed by atoms with Gasteiger partial charge in [0.1, 0.15) is 0 Å². The van der Waals surface area contributed by atoms with E-state index in [4.69, 9.17) is 4.74 Å². The molecule has 1 aromatic carbocycles. The number of carbonyl (C=O) groups is 3. The number of hydrogen-bond donors (Lipinski definition) is 0. The second kappa shape index (κ2) is 9.83. The first-order chi connectivity index (χ1) is 14.0. The van der Waals surface area contributed by atoms with Crippen molar-refractivity contribution in [3.05, 3.63) is 57.3 Å². The van der Waals surface area contributed by atoms with Crippen molar-refractivity contribution in [2.75, 3.05) is 13.1 Å². The maximum atomic E-state index is 13.0. The standard InChI is InChI=1S/C23H27NO4S/c1-16-15-19(17(2)29-16)20(25)11-12-21(26)28-22(18-9-5-3-6-10-18)23(27)24-13-7-4-8-14-24/h3,5-6,9-10,15,22H,4,7-8,11-14H2,1-2H3. The monoisotopic (exact) mass is 413 g/mol. The fraction of sp³-hybridized carbons (Fsp3) is 0.435. The Kier molecular flexibility index (Phi) is 7.20. The van der Waals surface area contributed by atoms with Crippen LogP contribution in [-0.4, -0.2) is 35.6 Å². The Morgan fingerprint density at radius 3 is 2.34 bits per heavy atom. The van der Waals surface area contributed by atoms with Crippen molar-refractivity contribution in [1.29, 1.82) is 0 Å². The lowest BCUT2D eigenvalue weighted by Gasteiger charge is -2.30. The lowest BCUT2D eigenvalue weighted by Crippen LogP contribution is -2.40. The van der Waals surface area contributed by atoms with Crippen molar-refractivity contribution in [2.45, 2.75) is 52.1 Å². The van der Waals surface area contributed by atoms with Crippen molar-refractivity contribution in [2.24, 2.45) is 0 Å². The summed E-state index contributed by atoms with van der Waals surface area (Å²) in [6.07, 6.45) is 2.13. The zero-order valence-electron chi connectivity index (χ0n) is 17.0. The Balaban J connectivity index is 1.65. The molecule has 0 bridgehead atoms. The van der Waals surface area contributed by atoms with Crippen molar-refractivity contribution in [3.63, 3.8) is 0 Å². The lowest BCUT2D eigenvalue weighted by molar-refractivity contribution is -0.161. The maximum absolute atomic E-state index is 13.0. The topological polar surface area (TPSA) is 63.7 Å². The summed E-state index contributed by atoms with van der Waals surface area (Å²) in [6, 6.07) is 11.0. The van der Waals surface area contributed by atoms with Gasteiger partial charge < -0.3 is 9.64 Å². The van der Waals surface area contributed by atoms with Gasteiger partial charge in [-0.1, -0.05) is 30.3 Å². The Morgan fingerprint density at radius 1 is 1.03 bits per heavy atom. The highest BCUT2D eigenvalue weighted by atomic mass is 32.1. The minimum atomic E-state index is -0.956. The number of thiophene rings is 1. The highest BCUT2D eigenvalue weighted by Gasteiger charge is 2.30. The van der Waals surface area contributed by atoms with Crippen LogP contribution in [0.1, 0.15) is 63.9 Å². The largest absolute Gasteiger partial charge is 0.447 e. The molecule has 1 aromatic heterocycles. The molecule has 1 amide bonds. The second-order valence-corrected chi connectivity index (χ2v) is 8.88. The van der Waals surface area contributed by atoms with E-state index in [2.05, 4.69) is 0 Å². The third-order valence-electron chi connectivity index (χ3n) is 5.14. The fourth-order valence-corrected chi connectivity index (χ4v) is 4.56. The van der Waals surface area contributed by atoms with Crippen LogP contribution in [0.5, 0.6) is 0 Å². The molecule has 1 aliphatic heterocycles. The quantitative estimate of drug-likeness (QED) is 0.491. The number of ether oxygens (including phenoxy) is 1. The van der Waals surface area contributed by atoms with Crippen molar-refractivity contribution in [3.8, 4) is 0 Å². The van der Waals surface area contributed by atoms with E-state index in [9.17, 15) is 14.4 Å². The number of piperidine rings is 1. The molecule has 1 atom stereocenters. The molecule has 1 unspecified atom stereocenters. The number of benzene rings is 1. The molecule has 2 aromatic rings. The number of esters is 1. The summed E-state index contributed by atoms with van der Waals surface area (Å²) >= 11 is 1.57.